The topological polar surface area (TPSA) is 60.4 Å². The molecule has 0 aliphatic heterocycles. The summed E-state index contributed by atoms with van der Waals surface area (Å²) < 4.78 is 28.6. The molecule has 116 valence electrons. The predicted octanol–water partition coefficient (Wildman–Crippen LogP) is 2.79. The van der Waals surface area contributed by atoms with Crippen molar-refractivity contribution in [2.75, 3.05) is 13.4 Å². The summed E-state index contributed by atoms with van der Waals surface area (Å²) in [4.78, 5) is 12.6. The van der Waals surface area contributed by atoms with E-state index < -0.39 is 9.84 Å². The normalized spacial score (nSPS) is 22.8. The van der Waals surface area contributed by atoms with Gasteiger partial charge in [0.25, 0.3) is 0 Å². The van der Waals surface area contributed by atoms with Gasteiger partial charge < -0.3 is 4.74 Å². The van der Waals surface area contributed by atoms with Crippen molar-refractivity contribution in [3.8, 4) is 5.75 Å². The molecular formula is C16H22O4S. The number of hydrogen-bond donors (Lipinski definition) is 0. The maximum Gasteiger partial charge on any atom is 0.165 e. The molecule has 0 bridgehead atoms. The van der Waals surface area contributed by atoms with Gasteiger partial charge in [0.15, 0.2) is 5.78 Å². The minimum absolute atomic E-state index is 0.0501. The van der Waals surface area contributed by atoms with E-state index in [1.54, 1.807) is 19.2 Å². The van der Waals surface area contributed by atoms with Crippen molar-refractivity contribution in [3.05, 3.63) is 29.3 Å². The lowest BCUT2D eigenvalue weighted by Crippen LogP contribution is -2.31. The number of methoxy groups -OCH3 is 1. The van der Waals surface area contributed by atoms with Crippen LogP contribution in [-0.2, 0) is 9.84 Å². The number of benzene rings is 1. The van der Waals surface area contributed by atoms with Crippen molar-refractivity contribution in [2.45, 2.75) is 37.9 Å². The van der Waals surface area contributed by atoms with Gasteiger partial charge in [0.2, 0.25) is 0 Å². The first-order valence-corrected chi connectivity index (χ1v) is 9.16. The zero-order valence-electron chi connectivity index (χ0n) is 12.8. The minimum Gasteiger partial charge on any atom is -0.496 e. The van der Waals surface area contributed by atoms with Crippen molar-refractivity contribution in [2.24, 2.45) is 5.92 Å². The molecule has 1 aliphatic carbocycles. The van der Waals surface area contributed by atoms with Crippen molar-refractivity contribution < 1.29 is 17.9 Å². The molecule has 0 amide bonds. The average molecular weight is 310 g/mol. The molecular weight excluding hydrogens is 288 g/mol. The second-order valence-electron chi connectivity index (χ2n) is 5.86. The Kier molecular flexibility index (Phi) is 4.71. The zero-order chi connectivity index (χ0) is 15.6. The maximum atomic E-state index is 12.6. The molecule has 2 unspecified atom stereocenters. The molecule has 1 fully saturated rings. The van der Waals surface area contributed by atoms with Gasteiger partial charge in [-0.1, -0.05) is 6.42 Å². The van der Waals surface area contributed by atoms with Gasteiger partial charge in [-0.25, -0.2) is 8.42 Å². The number of hydrogen-bond acceptors (Lipinski definition) is 4. The molecule has 0 radical (unpaired) electrons. The first-order valence-electron chi connectivity index (χ1n) is 7.20. The average Bonchev–Trinajstić information content (AvgIpc) is 2.45. The molecule has 0 spiro atoms. The van der Waals surface area contributed by atoms with Crippen LogP contribution in [0.4, 0.5) is 0 Å². The number of carbonyl (C=O) groups is 1. The summed E-state index contributed by atoms with van der Waals surface area (Å²) >= 11 is 0. The summed E-state index contributed by atoms with van der Waals surface area (Å²) in [6.07, 6.45) is 3.95. The number of Topliss-reactive ketones (excluding diaryl/α,β-unsaturated/α-hetero) is 1. The van der Waals surface area contributed by atoms with Crippen LogP contribution in [0.3, 0.4) is 0 Å². The Morgan fingerprint density at radius 3 is 2.57 bits per heavy atom. The molecule has 4 nitrogen and oxygen atoms in total. The fourth-order valence-corrected chi connectivity index (χ4v) is 4.22. The Morgan fingerprint density at radius 1 is 1.29 bits per heavy atom. The van der Waals surface area contributed by atoms with Gasteiger partial charge in [-0.05, 0) is 49.9 Å². The molecule has 0 saturated heterocycles. The highest BCUT2D eigenvalue weighted by Crippen LogP contribution is 2.31. The lowest BCUT2D eigenvalue weighted by atomic mass is 9.83. The van der Waals surface area contributed by atoms with Crippen molar-refractivity contribution in [3.63, 3.8) is 0 Å². The maximum absolute atomic E-state index is 12.6. The second kappa shape index (κ2) is 6.18. The predicted molar refractivity (Wildman–Crippen MR) is 82.7 cm³/mol. The molecule has 1 aromatic carbocycles. The summed E-state index contributed by atoms with van der Waals surface area (Å²) in [6.45, 7) is 1.90. The standard InChI is InChI=1S/C16H22O4S/c1-11-9-13(7-8-15(11)20-2)16(17)12-5-4-6-14(10-12)21(3,18)19/h7-9,12,14H,4-6,10H2,1-3H3. The van der Waals surface area contributed by atoms with E-state index in [0.717, 1.165) is 24.2 Å². The Hall–Kier alpha value is -1.36. The van der Waals surface area contributed by atoms with Gasteiger partial charge in [0.05, 0.1) is 12.4 Å². The number of carbonyl (C=O) groups excluding carboxylic acids is 1. The van der Waals surface area contributed by atoms with E-state index in [0.29, 0.717) is 18.4 Å². The number of rotatable bonds is 4. The van der Waals surface area contributed by atoms with E-state index in [1.807, 2.05) is 13.0 Å². The number of ketones is 1. The van der Waals surface area contributed by atoms with Crippen LogP contribution in [0.5, 0.6) is 5.75 Å². The summed E-state index contributed by atoms with van der Waals surface area (Å²) in [6, 6.07) is 5.38. The van der Waals surface area contributed by atoms with Crippen LogP contribution < -0.4 is 4.74 Å². The van der Waals surface area contributed by atoms with Gasteiger partial charge >= 0.3 is 0 Å². The molecule has 0 N–H and O–H groups in total. The van der Waals surface area contributed by atoms with Crippen LogP contribution in [0.25, 0.3) is 0 Å². The van der Waals surface area contributed by atoms with E-state index in [2.05, 4.69) is 0 Å². The van der Waals surface area contributed by atoms with Crippen molar-refractivity contribution >= 4 is 15.6 Å². The van der Waals surface area contributed by atoms with Crippen LogP contribution in [0.2, 0.25) is 0 Å². The van der Waals surface area contributed by atoms with Gasteiger partial charge in [-0.2, -0.15) is 0 Å². The summed E-state index contributed by atoms with van der Waals surface area (Å²) in [5.41, 5.74) is 1.56. The van der Waals surface area contributed by atoms with E-state index >= 15 is 0 Å². The quantitative estimate of drug-likeness (QED) is 0.802. The Morgan fingerprint density at radius 2 is 2.00 bits per heavy atom. The fourth-order valence-electron chi connectivity index (χ4n) is 3.04. The molecule has 5 heteroatoms. The number of aryl methyl sites for hydroxylation is 1. The second-order valence-corrected chi connectivity index (χ2v) is 8.19. The van der Waals surface area contributed by atoms with E-state index in [1.165, 1.54) is 6.26 Å². The Labute approximate surface area is 126 Å². The van der Waals surface area contributed by atoms with Gasteiger partial charge in [0.1, 0.15) is 15.6 Å². The number of sulfone groups is 1. The third-order valence-corrected chi connectivity index (χ3v) is 5.92. The van der Waals surface area contributed by atoms with E-state index in [9.17, 15) is 13.2 Å². The summed E-state index contributed by atoms with van der Waals surface area (Å²) in [5, 5.41) is -0.375. The Balaban J connectivity index is 2.18. The highest BCUT2D eigenvalue weighted by atomic mass is 32.2. The van der Waals surface area contributed by atoms with Crippen LogP contribution in [0.15, 0.2) is 18.2 Å². The molecule has 1 aliphatic rings. The van der Waals surface area contributed by atoms with Crippen LogP contribution >= 0.6 is 0 Å². The molecule has 0 aromatic heterocycles. The molecule has 2 rings (SSSR count). The highest BCUT2D eigenvalue weighted by Gasteiger charge is 2.32. The van der Waals surface area contributed by atoms with Crippen molar-refractivity contribution in [1.29, 1.82) is 0 Å². The first kappa shape index (κ1) is 16.0. The molecule has 1 aromatic rings. The van der Waals surface area contributed by atoms with Crippen LogP contribution in [-0.4, -0.2) is 32.8 Å². The Bertz CT molecular complexity index is 634. The third-order valence-electron chi connectivity index (χ3n) is 4.28. The number of ether oxygens (including phenoxy) is 1. The van der Waals surface area contributed by atoms with E-state index in [-0.39, 0.29) is 17.0 Å². The van der Waals surface area contributed by atoms with E-state index in [4.69, 9.17) is 4.74 Å². The molecule has 0 heterocycles. The first-order chi connectivity index (χ1) is 9.82. The van der Waals surface area contributed by atoms with Crippen LogP contribution in [0.1, 0.15) is 41.6 Å². The lowest BCUT2D eigenvalue weighted by molar-refractivity contribution is 0.0891. The fraction of sp³-hybridized carbons (Fsp3) is 0.562. The lowest BCUT2D eigenvalue weighted by Gasteiger charge is -2.27. The third kappa shape index (κ3) is 3.64. The highest BCUT2D eigenvalue weighted by molar-refractivity contribution is 7.91. The molecule has 2 atom stereocenters. The SMILES string of the molecule is COc1ccc(C(=O)C2CCCC(S(C)(=O)=O)C2)cc1C. The van der Waals surface area contributed by atoms with Crippen molar-refractivity contribution in [1.82, 2.24) is 0 Å². The van der Waals surface area contributed by atoms with Gasteiger partial charge in [-0.15, -0.1) is 0 Å². The van der Waals surface area contributed by atoms with Gasteiger partial charge in [-0.3, -0.25) is 4.79 Å². The largest absolute Gasteiger partial charge is 0.496 e. The monoisotopic (exact) mass is 310 g/mol. The molecule has 21 heavy (non-hydrogen) atoms. The summed E-state index contributed by atoms with van der Waals surface area (Å²) in [5.74, 6) is 0.615. The van der Waals surface area contributed by atoms with Gasteiger partial charge in [0, 0.05) is 17.7 Å². The van der Waals surface area contributed by atoms with Crippen LogP contribution in [0, 0.1) is 12.8 Å². The zero-order valence-corrected chi connectivity index (χ0v) is 13.6. The minimum atomic E-state index is -3.07. The molecule has 1 saturated carbocycles. The summed E-state index contributed by atoms with van der Waals surface area (Å²) in [7, 11) is -1.47. The smallest absolute Gasteiger partial charge is 0.165 e.